The van der Waals surface area contributed by atoms with E-state index in [0.29, 0.717) is 0 Å². The number of benzene rings is 1. The Labute approximate surface area is 85.8 Å². The number of hydrogen-bond donors (Lipinski definition) is 1. The maximum absolute atomic E-state index is 3.21. The average molecular weight is 187 g/mol. The molecule has 1 aliphatic carbocycles. The number of likely N-dealkylation sites (N-methyl/N-ethyl adjacent to an activating group) is 1. The first kappa shape index (κ1) is 9.47. The van der Waals surface area contributed by atoms with Crippen molar-refractivity contribution in [3.63, 3.8) is 0 Å². The number of fused-ring (bicyclic) bond motifs is 1. The highest BCUT2D eigenvalue weighted by molar-refractivity contribution is 5.60. The van der Waals surface area contributed by atoms with Gasteiger partial charge < -0.3 is 5.32 Å². The zero-order valence-electron chi connectivity index (χ0n) is 8.93. The number of aryl methyl sites for hydroxylation is 2. The summed E-state index contributed by atoms with van der Waals surface area (Å²) in [6, 6.07) is 6.75. The van der Waals surface area contributed by atoms with Crippen LogP contribution in [0.25, 0.3) is 6.08 Å². The molecule has 1 nitrogen and oxygen atoms in total. The van der Waals surface area contributed by atoms with Crippen LogP contribution in [0.2, 0.25) is 0 Å². The molecule has 2 rings (SSSR count). The molecule has 1 aromatic carbocycles. The minimum atomic E-state index is 1.02. The molecule has 0 fully saturated rings. The van der Waals surface area contributed by atoms with Crippen LogP contribution in [0.4, 0.5) is 0 Å². The van der Waals surface area contributed by atoms with Gasteiger partial charge in [0, 0.05) is 6.54 Å². The van der Waals surface area contributed by atoms with Gasteiger partial charge in [-0.15, -0.1) is 0 Å². The van der Waals surface area contributed by atoms with Crippen LogP contribution in [0.3, 0.4) is 0 Å². The zero-order valence-corrected chi connectivity index (χ0v) is 8.93. The molecule has 0 heterocycles. The van der Waals surface area contributed by atoms with Gasteiger partial charge in [0.05, 0.1) is 0 Å². The van der Waals surface area contributed by atoms with Crippen LogP contribution < -0.4 is 5.32 Å². The average Bonchev–Trinajstić information content (AvgIpc) is 2.17. The molecule has 0 spiro atoms. The third kappa shape index (κ3) is 1.88. The fraction of sp³-hybridized carbons (Fsp3) is 0.385. The van der Waals surface area contributed by atoms with Crippen molar-refractivity contribution in [1.82, 2.24) is 5.32 Å². The zero-order chi connectivity index (χ0) is 9.97. The third-order valence-electron chi connectivity index (χ3n) is 2.78. The molecule has 0 atom stereocenters. The van der Waals surface area contributed by atoms with Gasteiger partial charge >= 0.3 is 0 Å². The van der Waals surface area contributed by atoms with Gasteiger partial charge in [-0.2, -0.15) is 0 Å². The topological polar surface area (TPSA) is 12.0 Å². The van der Waals surface area contributed by atoms with Gasteiger partial charge in [0.15, 0.2) is 0 Å². The largest absolute Gasteiger partial charge is 0.316 e. The van der Waals surface area contributed by atoms with Crippen LogP contribution in [0.1, 0.15) is 23.1 Å². The fourth-order valence-corrected chi connectivity index (χ4v) is 2.03. The van der Waals surface area contributed by atoms with Crippen molar-refractivity contribution >= 4 is 6.08 Å². The number of rotatable bonds is 2. The summed E-state index contributed by atoms with van der Waals surface area (Å²) in [5, 5.41) is 3.21. The number of hydrogen-bond acceptors (Lipinski definition) is 1. The molecular weight excluding hydrogens is 170 g/mol. The molecule has 0 bridgehead atoms. The van der Waals surface area contributed by atoms with Crippen LogP contribution in [0.15, 0.2) is 23.8 Å². The van der Waals surface area contributed by atoms with E-state index < -0.39 is 0 Å². The standard InChI is InChI=1S/C13H17N/c1-10-3-5-12-6-4-11(9-14-2)8-13(12)7-10/h3,5,7-8,14H,4,6,9H2,1-2H3. The molecule has 0 aromatic heterocycles. The molecule has 0 amide bonds. The van der Waals surface area contributed by atoms with Gasteiger partial charge in [0.25, 0.3) is 0 Å². The van der Waals surface area contributed by atoms with Crippen LogP contribution in [-0.2, 0) is 6.42 Å². The van der Waals surface area contributed by atoms with Gasteiger partial charge in [-0.25, -0.2) is 0 Å². The lowest BCUT2D eigenvalue weighted by atomic mass is 9.91. The van der Waals surface area contributed by atoms with E-state index in [2.05, 4.69) is 36.5 Å². The van der Waals surface area contributed by atoms with E-state index in [4.69, 9.17) is 0 Å². The van der Waals surface area contributed by atoms with E-state index in [1.807, 2.05) is 7.05 Å². The minimum absolute atomic E-state index is 1.02. The first-order valence-corrected chi connectivity index (χ1v) is 5.23. The Morgan fingerprint density at radius 3 is 2.93 bits per heavy atom. The summed E-state index contributed by atoms with van der Waals surface area (Å²) in [5.74, 6) is 0. The Morgan fingerprint density at radius 2 is 2.14 bits per heavy atom. The fourth-order valence-electron chi connectivity index (χ4n) is 2.03. The smallest absolute Gasteiger partial charge is 0.0165 e. The summed E-state index contributed by atoms with van der Waals surface area (Å²) in [6.45, 7) is 3.17. The lowest BCUT2D eigenvalue weighted by Crippen LogP contribution is -2.13. The van der Waals surface area contributed by atoms with Crippen molar-refractivity contribution in [3.8, 4) is 0 Å². The SMILES string of the molecule is CNCC1=Cc2cc(C)ccc2CC1. The summed E-state index contributed by atoms with van der Waals surface area (Å²) in [7, 11) is 2.01. The van der Waals surface area contributed by atoms with Gasteiger partial charge in [-0.3, -0.25) is 0 Å². The molecule has 14 heavy (non-hydrogen) atoms. The van der Waals surface area contributed by atoms with Crippen LogP contribution in [0, 0.1) is 6.92 Å². The highest BCUT2D eigenvalue weighted by atomic mass is 14.8. The molecule has 1 heteroatoms. The second kappa shape index (κ2) is 3.97. The van der Waals surface area contributed by atoms with Crippen molar-refractivity contribution < 1.29 is 0 Å². The summed E-state index contributed by atoms with van der Waals surface area (Å²) >= 11 is 0. The highest BCUT2D eigenvalue weighted by Gasteiger charge is 2.09. The Hall–Kier alpha value is -1.08. The quantitative estimate of drug-likeness (QED) is 0.750. The van der Waals surface area contributed by atoms with Crippen LogP contribution in [0.5, 0.6) is 0 Å². The summed E-state index contributed by atoms with van der Waals surface area (Å²) in [6.07, 6.45) is 4.74. The minimum Gasteiger partial charge on any atom is -0.316 e. The van der Waals surface area contributed by atoms with Gasteiger partial charge in [-0.05, 0) is 37.9 Å². The van der Waals surface area contributed by atoms with Gasteiger partial charge in [0.1, 0.15) is 0 Å². The lowest BCUT2D eigenvalue weighted by Gasteiger charge is -2.16. The van der Waals surface area contributed by atoms with Crippen molar-refractivity contribution in [3.05, 3.63) is 40.5 Å². The van der Waals surface area contributed by atoms with Crippen LogP contribution in [-0.4, -0.2) is 13.6 Å². The second-order valence-corrected chi connectivity index (χ2v) is 4.04. The van der Waals surface area contributed by atoms with E-state index in [9.17, 15) is 0 Å². The number of nitrogens with one attached hydrogen (secondary N) is 1. The van der Waals surface area contributed by atoms with Crippen molar-refractivity contribution in [2.45, 2.75) is 19.8 Å². The Balaban J connectivity index is 2.32. The predicted octanol–water partition coefficient (Wildman–Crippen LogP) is 2.54. The van der Waals surface area contributed by atoms with Crippen molar-refractivity contribution in [2.75, 3.05) is 13.6 Å². The molecule has 1 aliphatic rings. The summed E-state index contributed by atoms with van der Waals surface area (Å²) < 4.78 is 0. The maximum Gasteiger partial charge on any atom is 0.0165 e. The van der Waals surface area contributed by atoms with Crippen molar-refractivity contribution in [2.24, 2.45) is 0 Å². The summed E-state index contributed by atoms with van der Waals surface area (Å²) in [5.41, 5.74) is 5.79. The van der Waals surface area contributed by atoms with Gasteiger partial charge in [0.2, 0.25) is 0 Å². The molecule has 1 aromatic rings. The van der Waals surface area contributed by atoms with E-state index in [1.165, 1.54) is 35.1 Å². The van der Waals surface area contributed by atoms with E-state index in [-0.39, 0.29) is 0 Å². The Bertz CT molecular complexity index is 363. The monoisotopic (exact) mass is 187 g/mol. The highest BCUT2D eigenvalue weighted by Crippen LogP contribution is 2.24. The molecule has 0 unspecified atom stereocenters. The molecular formula is C13H17N. The molecule has 0 saturated heterocycles. The molecule has 1 N–H and O–H groups in total. The molecule has 0 radical (unpaired) electrons. The van der Waals surface area contributed by atoms with Crippen molar-refractivity contribution in [1.29, 1.82) is 0 Å². The van der Waals surface area contributed by atoms with E-state index in [0.717, 1.165) is 6.54 Å². The predicted molar refractivity (Wildman–Crippen MR) is 61.4 cm³/mol. The summed E-state index contributed by atoms with van der Waals surface area (Å²) in [4.78, 5) is 0. The Kier molecular flexibility index (Phi) is 2.69. The maximum atomic E-state index is 3.21. The third-order valence-corrected chi connectivity index (χ3v) is 2.78. The lowest BCUT2D eigenvalue weighted by molar-refractivity contribution is 0.809. The first-order chi connectivity index (χ1) is 6.79. The first-order valence-electron chi connectivity index (χ1n) is 5.23. The van der Waals surface area contributed by atoms with E-state index >= 15 is 0 Å². The molecule has 0 saturated carbocycles. The van der Waals surface area contributed by atoms with Gasteiger partial charge in [-0.1, -0.05) is 35.4 Å². The normalized spacial score (nSPS) is 14.9. The molecule has 74 valence electrons. The van der Waals surface area contributed by atoms with E-state index in [1.54, 1.807) is 0 Å². The van der Waals surface area contributed by atoms with Crippen LogP contribution >= 0.6 is 0 Å². The second-order valence-electron chi connectivity index (χ2n) is 4.04. The Morgan fingerprint density at radius 1 is 1.29 bits per heavy atom. The molecule has 0 aliphatic heterocycles.